The molecule has 106 valence electrons. The van der Waals surface area contributed by atoms with Crippen LogP contribution in [-0.2, 0) is 13.0 Å². The molecule has 0 aliphatic heterocycles. The van der Waals surface area contributed by atoms with Gasteiger partial charge in [0.2, 0.25) is 0 Å². The Bertz CT molecular complexity index is 738. The predicted octanol–water partition coefficient (Wildman–Crippen LogP) is 4.51. The van der Waals surface area contributed by atoms with E-state index in [1.165, 1.54) is 5.56 Å². The van der Waals surface area contributed by atoms with E-state index in [0.29, 0.717) is 6.54 Å². The van der Waals surface area contributed by atoms with Crippen LogP contribution in [0.15, 0.2) is 54.6 Å². The van der Waals surface area contributed by atoms with Gasteiger partial charge in [0.25, 0.3) is 0 Å². The van der Waals surface area contributed by atoms with Crippen molar-refractivity contribution < 1.29 is 0 Å². The van der Waals surface area contributed by atoms with Crippen LogP contribution < -0.4 is 5.73 Å². The Labute approximate surface area is 133 Å². The van der Waals surface area contributed by atoms with Crippen molar-refractivity contribution in [2.24, 2.45) is 5.73 Å². The van der Waals surface area contributed by atoms with Crippen molar-refractivity contribution in [3.05, 3.63) is 75.9 Å². The van der Waals surface area contributed by atoms with Crippen molar-refractivity contribution in [1.82, 2.24) is 4.98 Å². The number of benzene rings is 2. The van der Waals surface area contributed by atoms with E-state index in [-0.39, 0.29) is 0 Å². The summed E-state index contributed by atoms with van der Waals surface area (Å²) in [5.41, 5.74) is 9.06. The van der Waals surface area contributed by atoms with E-state index in [2.05, 4.69) is 17.1 Å². The molecule has 0 fully saturated rings. The van der Waals surface area contributed by atoms with Gasteiger partial charge in [-0.1, -0.05) is 60.1 Å². The highest BCUT2D eigenvalue weighted by molar-refractivity contribution is 7.15. The lowest BCUT2D eigenvalue weighted by atomic mass is 10.1. The minimum Gasteiger partial charge on any atom is -0.325 e. The van der Waals surface area contributed by atoms with E-state index in [4.69, 9.17) is 17.3 Å². The first-order valence-electron chi connectivity index (χ1n) is 6.75. The lowest BCUT2D eigenvalue weighted by Gasteiger charge is -2.00. The van der Waals surface area contributed by atoms with Crippen LogP contribution in [0.3, 0.4) is 0 Å². The Kier molecular flexibility index (Phi) is 4.34. The Balaban J connectivity index is 1.95. The molecule has 3 rings (SSSR count). The predicted molar refractivity (Wildman–Crippen MR) is 89.7 cm³/mol. The number of rotatable bonds is 4. The number of aromatic nitrogens is 1. The van der Waals surface area contributed by atoms with Crippen LogP contribution in [0.5, 0.6) is 0 Å². The second-order valence-corrected chi connectivity index (χ2v) is 6.21. The minimum absolute atomic E-state index is 0.448. The molecule has 2 N–H and O–H groups in total. The van der Waals surface area contributed by atoms with Gasteiger partial charge in [-0.25, -0.2) is 4.98 Å². The van der Waals surface area contributed by atoms with E-state index >= 15 is 0 Å². The zero-order valence-corrected chi connectivity index (χ0v) is 13.0. The number of nitrogens with two attached hydrogens (primary N) is 1. The molecule has 0 amide bonds. The topological polar surface area (TPSA) is 38.9 Å². The van der Waals surface area contributed by atoms with Crippen LogP contribution in [0.4, 0.5) is 0 Å². The highest BCUT2D eigenvalue weighted by atomic mass is 35.5. The van der Waals surface area contributed by atoms with Gasteiger partial charge in [0.15, 0.2) is 0 Å². The molecule has 0 saturated carbocycles. The van der Waals surface area contributed by atoms with E-state index in [0.717, 1.165) is 32.6 Å². The van der Waals surface area contributed by atoms with Crippen LogP contribution in [0.2, 0.25) is 5.02 Å². The molecule has 0 spiro atoms. The van der Waals surface area contributed by atoms with Gasteiger partial charge >= 0.3 is 0 Å². The first-order valence-corrected chi connectivity index (χ1v) is 7.95. The molecule has 2 aromatic carbocycles. The first kappa shape index (κ1) is 14.3. The molecule has 21 heavy (non-hydrogen) atoms. The fourth-order valence-electron chi connectivity index (χ4n) is 2.23. The van der Waals surface area contributed by atoms with Gasteiger partial charge in [-0.2, -0.15) is 0 Å². The van der Waals surface area contributed by atoms with Crippen molar-refractivity contribution in [2.75, 3.05) is 0 Å². The minimum atomic E-state index is 0.448. The number of halogens is 1. The van der Waals surface area contributed by atoms with E-state index in [9.17, 15) is 0 Å². The lowest BCUT2D eigenvalue weighted by Crippen LogP contribution is -1.99. The van der Waals surface area contributed by atoms with Crippen molar-refractivity contribution in [3.8, 4) is 10.4 Å². The number of nitrogens with zero attached hydrogens (tertiary/aromatic N) is 1. The Morgan fingerprint density at radius 2 is 1.71 bits per heavy atom. The molecule has 0 aliphatic rings. The molecule has 3 aromatic rings. The van der Waals surface area contributed by atoms with Gasteiger partial charge in [0.05, 0.1) is 15.6 Å². The van der Waals surface area contributed by atoms with Crippen molar-refractivity contribution >= 4 is 22.9 Å². The fraction of sp³-hybridized carbons (Fsp3) is 0.118. The van der Waals surface area contributed by atoms with Gasteiger partial charge in [0, 0.05) is 18.0 Å². The summed E-state index contributed by atoms with van der Waals surface area (Å²) in [6.45, 7) is 0.448. The fourth-order valence-corrected chi connectivity index (χ4v) is 3.56. The number of hydrogen-bond donors (Lipinski definition) is 1. The highest BCUT2D eigenvalue weighted by Gasteiger charge is 2.13. The van der Waals surface area contributed by atoms with Crippen molar-refractivity contribution in [3.63, 3.8) is 0 Å². The summed E-state index contributed by atoms with van der Waals surface area (Å²) in [5, 5.41) is 1.82. The normalized spacial score (nSPS) is 10.8. The number of thiazole rings is 1. The maximum absolute atomic E-state index is 6.22. The van der Waals surface area contributed by atoms with Crippen LogP contribution >= 0.6 is 22.9 Å². The molecular formula is C17H15ClN2S. The summed E-state index contributed by atoms with van der Waals surface area (Å²) in [6.07, 6.45) is 0.740. The standard InChI is InChI=1S/C17H15ClN2S/c18-14-9-5-4-8-13(14)10-16-20-15(11-19)17(21-16)12-6-2-1-3-7-12/h1-9H,10-11,19H2. The monoisotopic (exact) mass is 314 g/mol. The van der Waals surface area contributed by atoms with Gasteiger partial charge in [-0.3, -0.25) is 0 Å². The van der Waals surface area contributed by atoms with Gasteiger partial charge < -0.3 is 5.73 Å². The van der Waals surface area contributed by atoms with Gasteiger partial charge in [-0.05, 0) is 17.2 Å². The number of hydrogen-bond acceptors (Lipinski definition) is 3. The van der Waals surface area contributed by atoms with E-state index in [1.807, 2.05) is 42.5 Å². The summed E-state index contributed by atoms with van der Waals surface area (Å²) in [6, 6.07) is 18.1. The Morgan fingerprint density at radius 3 is 2.43 bits per heavy atom. The molecule has 1 aromatic heterocycles. The molecule has 0 radical (unpaired) electrons. The third-order valence-electron chi connectivity index (χ3n) is 3.27. The molecule has 2 nitrogen and oxygen atoms in total. The Morgan fingerprint density at radius 1 is 1.00 bits per heavy atom. The van der Waals surface area contributed by atoms with Crippen LogP contribution in [0, 0.1) is 0 Å². The summed E-state index contributed by atoms with van der Waals surface area (Å²) in [4.78, 5) is 5.83. The summed E-state index contributed by atoms with van der Waals surface area (Å²) >= 11 is 7.91. The maximum atomic E-state index is 6.22. The molecule has 4 heteroatoms. The lowest BCUT2D eigenvalue weighted by molar-refractivity contribution is 0.984. The maximum Gasteiger partial charge on any atom is 0.0979 e. The van der Waals surface area contributed by atoms with Crippen LogP contribution in [-0.4, -0.2) is 4.98 Å². The third-order valence-corrected chi connectivity index (χ3v) is 4.79. The van der Waals surface area contributed by atoms with Gasteiger partial charge in [-0.15, -0.1) is 11.3 Å². The highest BCUT2D eigenvalue weighted by Crippen LogP contribution is 2.32. The quantitative estimate of drug-likeness (QED) is 0.769. The molecule has 0 unspecified atom stereocenters. The molecule has 0 aliphatic carbocycles. The van der Waals surface area contributed by atoms with Crippen LogP contribution in [0.25, 0.3) is 10.4 Å². The molecule has 1 heterocycles. The zero-order chi connectivity index (χ0) is 14.7. The zero-order valence-electron chi connectivity index (χ0n) is 11.4. The molecular weight excluding hydrogens is 300 g/mol. The summed E-state index contributed by atoms with van der Waals surface area (Å²) in [7, 11) is 0. The first-order chi connectivity index (χ1) is 10.3. The SMILES string of the molecule is NCc1nc(Cc2ccccc2Cl)sc1-c1ccccc1. The van der Waals surface area contributed by atoms with Gasteiger partial charge in [0.1, 0.15) is 0 Å². The molecule has 0 atom stereocenters. The van der Waals surface area contributed by atoms with Crippen LogP contribution in [0.1, 0.15) is 16.3 Å². The van der Waals surface area contributed by atoms with Crippen molar-refractivity contribution in [1.29, 1.82) is 0 Å². The smallest absolute Gasteiger partial charge is 0.0979 e. The average Bonchev–Trinajstić information content (AvgIpc) is 2.93. The second-order valence-electron chi connectivity index (χ2n) is 4.72. The Hall–Kier alpha value is -1.68. The summed E-state index contributed by atoms with van der Waals surface area (Å²) < 4.78 is 0. The average molecular weight is 315 g/mol. The summed E-state index contributed by atoms with van der Waals surface area (Å²) in [5.74, 6) is 0. The molecule has 0 bridgehead atoms. The second kappa shape index (κ2) is 6.39. The molecule has 0 saturated heterocycles. The third kappa shape index (κ3) is 3.16. The van der Waals surface area contributed by atoms with Crippen molar-refractivity contribution in [2.45, 2.75) is 13.0 Å². The van der Waals surface area contributed by atoms with E-state index in [1.54, 1.807) is 11.3 Å². The largest absolute Gasteiger partial charge is 0.325 e. The van der Waals surface area contributed by atoms with E-state index < -0.39 is 0 Å².